The smallest absolute Gasteiger partial charge is 0.253 e. The van der Waals surface area contributed by atoms with Crippen molar-refractivity contribution in [2.24, 2.45) is 11.8 Å². The molecule has 1 amide bonds. The molecule has 1 fully saturated rings. The molecule has 3 nitrogen and oxygen atoms in total. The lowest BCUT2D eigenvalue weighted by Gasteiger charge is -2.32. The number of carbonyl (C=O) groups excluding carboxylic acids is 1. The van der Waals surface area contributed by atoms with Gasteiger partial charge in [0, 0.05) is 11.7 Å². The Bertz CT molecular complexity index is 475. The van der Waals surface area contributed by atoms with Crippen LogP contribution in [-0.4, -0.2) is 11.9 Å². The van der Waals surface area contributed by atoms with E-state index in [-0.39, 0.29) is 17.5 Å². The third-order valence-corrected chi connectivity index (χ3v) is 4.19. The first-order valence-electron chi connectivity index (χ1n) is 6.83. The number of benzene rings is 1. The van der Waals surface area contributed by atoms with Gasteiger partial charge in [0.25, 0.3) is 5.91 Å². The van der Waals surface area contributed by atoms with Crippen LogP contribution in [0.15, 0.2) is 18.2 Å². The normalized spacial score (nSPS) is 27.0. The third-order valence-electron chi connectivity index (χ3n) is 4.19. The summed E-state index contributed by atoms with van der Waals surface area (Å²) in [5, 5.41) is 2.97. The molecule has 3 unspecified atom stereocenters. The summed E-state index contributed by atoms with van der Waals surface area (Å²) in [7, 11) is 0. The van der Waals surface area contributed by atoms with E-state index in [4.69, 9.17) is 5.73 Å². The Morgan fingerprint density at radius 1 is 1.32 bits per heavy atom. The van der Waals surface area contributed by atoms with E-state index in [1.54, 1.807) is 0 Å². The molecule has 0 spiro atoms. The van der Waals surface area contributed by atoms with Crippen LogP contribution in [0.5, 0.6) is 0 Å². The van der Waals surface area contributed by atoms with E-state index in [9.17, 15) is 9.18 Å². The van der Waals surface area contributed by atoms with Gasteiger partial charge in [-0.3, -0.25) is 4.79 Å². The number of nitrogen functional groups attached to an aromatic ring is 1. The summed E-state index contributed by atoms with van der Waals surface area (Å²) in [4.78, 5) is 12.1. The number of anilines is 1. The minimum atomic E-state index is -0.440. The molecule has 0 aromatic heterocycles. The van der Waals surface area contributed by atoms with Gasteiger partial charge in [0.1, 0.15) is 5.82 Å². The highest BCUT2D eigenvalue weighted by Gasteiger charge is 2.26. The van der Waals surface area contributed by atoms with Gasteiger partial charge in [0.15, 0.2) is 0 Å². The second kappa shape index (κ2) is 5.59. The van der Waals surface area contributed by atoms with Crippen LogP contribution in [0.1, 0.15) is 43.5 Å². The number of carbonyl (C=O) groups is 1. The van der Waals surface area contributed by atoms with Gasteiger partial charge < -0.3 is 11.1 Å². The van der Waals surface area contributed by atoms with Crippen molar-refractivity contribution in [1.29, 1.82) is 0 Å². The average molecular weight is 264 g/mol. The van der Waals surface area contributed by atoms with Crippen LogP contribution in [0.2, 0.25) is 0 Å². The topological polar surface area (TPSA) is 55.1 Å². The molecule has 19 heavy (non-hydrogen) atoms. The Morgan fingerprint density at radius 2 is 2.05 bits per heavy atom. The van der Waals surface area contributed by atoms with Gasteiger partial charge in [0.2, 0.25) is 0 Å². The van der Waals surface area contributed by atoms with Crippen LogP contribution < -0.4 is 11.1 Å². The molecule has 0 aliphatic heterocycles. The van der Waals surface area contributed by atoms with Crippen LogP contribution in [0.4, 0.5) is 10.1 Å². The Morgan fingerprint density at radius 3 is 2.74 bits per heavy atom. The van der Waals surface area contributed by atoms with Crippen molar-refractivity contribution < 1.29 is 9.18 Å². The monoisotopic (exact) mass is 264 g/mol. The van der Waals surface area contributed by atoms with E-state index in [2.05, 4.69) is 19.2 Å². The zero-order valence-electron chi connectivity index (χ0n) is 11.4. The van der Waals surface area contributed by atoms with Gasteiger partial charge in [-0.05, 0) is 49.3 Å². The van der Waals surface area contributed by atoms with Gasteiger partial charge in [-0.1, -0.05) is 13.8 Å². The van der Waals surface area contributed by atoms with Crippen molar-refractivity contribution in [2.45, 2.75) is 39.2 Å². The lowest BCUT2D eigenvalue weighted by atomic mass is 9.79. The van der Waals surface area contributed by atoms with Crippen molar-refractivity contribution in [2.75, 3.05) is 5.73 Å². The summed E-state index contributed by atoms with van der Waals surface area (Å²) in [6.45, 7) is 4.45. The predicted molar refractivity (Wildman–Crippen MR) is 74.2 cm³/mol. The molecule has 1 aliphatic carbocycles. The maximum Gasteiger partial charge on any atom is 0.253 e. The summed E-state index contributed by atoms with van der Waals surface area (Å²) >= 11 is 0. The molecule has 3 N–H and O–H groups in total. The van der Waals surface area contributed by atoms with Crippen LogP contribution in [-0.2, 0) is 0 Å². The Hall–Kier alpha value is -1.58. The Kier molecular flexibility index (Phi) is 4.08. The van der Waals surface area contributed by atoms with E-state index >= 15 is 0 Å². The fourth-order valence-corrected chi connectivity index (χ4v) is 2.67. The first-order chi connectivity index (χ1) is 8.97. The average Bonchev–Trinajstić information content (AvgIpc) is 2.36. The molecule has 3 atom stereocenters. The highest BCUT2D eigenvalue weighted by molar-refractivity contribution is 5.99. The molecule has 1 aromatic carbocycles. The molecule has 1 saturated carbocycles. The summed E-state index contributed by atoms with van der Waals surface area (Å²) in [6, 6.07) is 4.05. The maximum atomic E-state index is 13.2. The van der Waals surface area contributed by atoms with E-state index in [0.717, 1.165) is 19.3 Å². The molecule has 1 aromatic rings. The number of halogens is 1. The van der Waals surface area contributed by atoms with E-state index < -0.39 is 5.82 Å². The standard InChI is InChI=1S/C15H21FN2O/c1-9-3-5-12(7-10(9)2)18-15(19)13-8-11(16)4-6-14(13)17/h4,6,8-10,12H,3,5,7,17H2,1-2H3,(H,18,19). The zero-order chi connectivity index (χ0) is 14.0. The largest absolute Gasteiger partial charge is 0.398 e. The van der Waals surface area contributed by atoms with Gasteiger partial charge in [-0.25, -0.2) is 4.39 Å². The number of nitrogens with two attached hydrogens (primary N) is 1. The van der Waals surface area contributed by atoms with E-state index in [1.807, 2.05) is 0 Å². The first kappa shape index (κ1) is 13.8. The lowest BCUT2D eigenvalue weighted by molar-refractivity contribution is 0.0911. The van der Waals surface area contributed by atoms with Crippen molar-refractivity contribution in [3.8, 4) is 0 Å². The fourth-order valence-electron chi connectivity index (χ4n) is 2.67. The molecule has 0 bridgehead atoms. The van der Waals surface area contributed by atoms with Crippen molar-refractivity contribution >= 4 is 11.6 Å². The maximum absolute atomic E-state index is 13.2. The molecular weight excluding hydrogens is 243 g/mol. The van der Waals surface area contributed by atoms with Crippen LogP contribution in [0, 0.1) is 17.7 Å². The number of amides is 1. The minimum Gasteiger partial charge on any atom is -0.398 e. The van der Waals surface area contributed by atoms with Gasteiger partial charge >= 0.3 is 0 Å². The van der Waals surface area contributed by atoms with E-state index in [1.165, 1.54) is 18.2 Å². The van der Waals surface area contributed by atoms with Crippen LogP contribution in [0.25, 0.3) is 0 Å². The molecule has 4 heteroatoms. The fraction of sp³-hybridized carbons (Fsp3) is 0.533. The summed E-state index contributed by atoms with van der Waals surface area (Å²) in [5.41, 5.74) is 6.26. The second-order valence-electron chi connectivity index (χ2n) is 5.67. The number of rotatable bonds is 2. The van der Waals surface area contributed by atoms with E-state index in [0.29, 0.717) is 17.5 Å². The number of hydrogen-bond donors (Lipinski definition) is 2. The predicted octanol–water partition coefficient (Wildman–Crippen LogP) is 2.96. The summed E-state index contributed by atoms with van der Waals surface area (Å²) < 4.78 is 13.2. The SMILES string of the molecule is CC1CCC(NC(=O)c2cc(F)ccc2N)CC1C. The second-order valence-corrected chi connectivity index (χ2v) is 5.67. The highest BCUT2D eigenvalue weighted by atomic mass is 19.1. The third kappa shape index (κ3) is 3.25. The molecule has 2 rings (SSSR count). The molecule has 0 radical (unpaired) electrons. The van der Waals surface area contributed by atoms with Crippen molar-refractivity contribution in [3.05, 3.63) is 29.6 Å². The van der Waals surface area contributed by atoms with Gasteiger partial charge in [-0.15, -0.1) is 0 Å². The first-order valence-corrected chi connectivity index (χ1v) is 6.83. The number of hydrogen-bond acceptors (Lipinski definition) is 2. The van der Waals surface area contributed by atoms with Crippen molar-refractivity contribution in [1.82, 2.24) is 5.32 Å². The van der Waals surface area contributed by atoms with Gasteiger partial charge in [0.05, 0.1) is 5.56 Å². The molecule has 104 valence electrons. The van der Waals surface area contributed by atoms with Crippen LogP contribution >= 0.6 is 0 Å². The Labute approximate surface area is 113 Å². The van der Waals surface area contributed by atoms with Gasteiger partial charge in [-0.2, -0.15) is 0 Å². The zero-order valence-corrected chi connectivity index (χ0v) is 11.4. The van der Waals surface area contributed by atoms with Crippen molar-refractivity contribution in [3.63, 3.8) is 0 Å². The lowest BCUT2D eigenvalue weighted by Crippen LogP contribution is -2.40. The number of nitrogens with one attached hydrogen (secondary N) is 1. The minimum absolute atomic E-state index is 0.168. The molecule has 0 heterocycles. The molecule has 0 saturated heterocycles. The summed E-state index contributed by atoms with van der Waals surface area (Å²) in [5.74, 6) is 0.588. The molecule has 1 aliphatic rings. The van der Waals surface area contributed by atoms with Crippen LogP contribution in [0.3, 0.4) is 0 Å². The quantitative estimate of drug-likeness (QED) is 0.807. The Balaban J connectivity index is 2.03. The molecular formula is C15H21FN2O. The summed E-state index contributed by atoms with van der Waals surface area (Å²) in [6.07, 6.45) is 3.07. The highest BCUT2D eigenvalue weighted by Crippen LogP contribution is 2.29.